The minimum absolute atomic E-state index is 0.184. The van der Waals surface area contributed by atoms with Crippen LogP contribution in [-0.2, 0) is 0 Å². The van der Waals surface area contributed by atoms with Crippen molar-refractivity contribution in [2.45, 2.75) is 44.9 Å². The maximum atomic E-state index is 11.7. The first-order valence-corrected chi connectivity index (χ1v) is 7.08. The van der Waals surface area contributed by atoms with Crippen molar-refractivity contribution in [2.24, 2.45) is 11.0 Å². The normalized spacial score (nSPS) is 16.6. The van der Waals surface area contributed by atoms with Crippen LogP contribution in [0.5, 0.6) is 0 Å². The third kappa shape index (κ3) is 4.81. The number of hydrogen-bond acceptors (Lipinski definition) is 3. The summed E-state index contributed by atoms with van der Waals surface area (Å²) in [6.07, 6.45) is 14.0. The number of nitrogens with one attached hydrogen (secondary N) is 1. The molecule has 1 aliphatic carbocycles. The van der Waals surface area contributed by atoms with E-state index >= 15 is 0 Å². The van der Waals surface area contributed by atoms with Gasteiger partial charge in [0, 0.05) is 24.2 Å². The fraction of sp³-hybridized carbons (Fsp3) is 0.533. The number of carbonyl (C=O) groups is 1. The first kappa shape index (κ1) is 13.7. The second-order valence-corrected chi connectivity index (χ2v) is 5.07. The summed E-state index contributed by atoms with van der Waals surface area (Å²) in [5.41, 5.74) is 3.12. The quantitative estimate of drug-likeness (QED) is 0.652. The van der Waals surface area contributed by atoms with Crippen LogP contribution in [0.4, 0.5) is 0 Å². The van der Waals surface area contributed by atoms with Gasteiger partial charge in [-0.2, -0.15) is 5.10 Å². The Bertz CT molecular complexity index is 411. The summed E-state index contributed by atoms with van der Waals surface area (Å²) in [5.74, 6) is 0.674. The van der Waals surface area contributed by atoms with E-state index in [0.717, 1.165) is 12.3 Å². The Hall–Kier alpha value is -1.71. The van der Waals surface area contributed by atoms with Gasteiger partial charge in [-0.3, -0.25) is 9.78 Å². The monoisotopic (exact) mass is 259 g/mol. The molecule has 1 amide bonds. The van der Waals surface area contributed by atoms with Crippen molar-refractivity contribution >= 4 is 12.1 Å². The fourth-order valence-corrected chi connectivity index (χ4v) is 2.52. The van der Waals surface area contributed by atoms with Crippen molar-refractivity contribution in [3.63, 3.8) is 0 Å². The van der Waals surface area contributed by atoms with Crippen LogP contribution in [0.2, 0.25) is 0 Å². The van der Waals surface area contributed by atoms with Gasteiger partial charge < -0.3 is 0 Å². The van der Waals surface area contributed by atoms with Gasteiger partial charge in [0.05, 0.1) is 0 Å². The van der Waals surface area contributed by atoms with Crippen molar-refractivity contribution in [3.8, 4) is 0 Å². The van der Waals surface area contributed by atoms with Crippen LogP contribution in [0.25, 0.3) is 0 Å². The van der Waals surface area contributed by atoms with E-state index in [2.05, 4.69) is 15.5 Å². The second-order valence-electron chi connectivity index (χ2n) is 5.07. The van der Waals surface area contributed by atoms with Crippen LogP contribution in [0.1, 0.15) is 55.3 Å². The molecule has 4 nitrogen and oxygen atoms in total. The summed E-state index contributed by atoms with van der Waals surface area (Å²) >= 11 is 0. The number of rotatable bonds is 5. The van der Waals surface area contributed by atoms with E-state index in [1.54, 1.807) is 24.5 Å². The maximum Gasteiger partial charge on any atom is 0.271 e. The van der Waals surface area contributed by atoms with Crippen molar-refractivity contribution in [1.29, 1.82) is 0 Å². The molecule has 0 spiro atoms. The number of hydrazone groups is 1. The second kappa shape index (κ2) is 7.67. The molecule has 1 fully saturated rings. The molecule has 102 valence electrons. The molecule has 0 radical (unpaired) electrons. The molecule has 2 rings (SSSR count). The number of amides is 1. The Balaban J connectivity index is 1.65. The predicted octanol–water partition coefficient (Wildman–Crippen LogP) is 3.16. The Morgan fingerprint density at radius 1 is 1.32 bits per heavy atom. The van der Waals surface area contributed by atoms with E-state index in [4.69, 9.17) is 0 Å². The van der Waals surface area contributed by atoms with Crippen LogP contribution in [0.3, 0.4) is 0 Å². The first-order chi connectivity index (χ1) is 9.36. The number of hydrogen-bond donors (Lipinski definition) is 1. The van der Waals surface area contributed by atoms with Gasteiger partial charge in [0.2, 0.25) is 0 Å². The smallest absolute Gasteiger partial charge is 0.267 e. The molecule has 1 aromatic rings. The third-order valence-electron chi connectivity index (χ3n) is 3.63. The number of carbonyl (C=O) groups excluding carboxylic acids is 1. The van der Waals surface area contributed by atoms with Crippen molar-refractivity contribution in [1.82, 2.24) is 10.4 Å². The number of nitrogens with zero attached hydrogens (tertiary/aromatic N) is 2. The summed E-state index contributed by atoms with van der Waals surface area (Å²) in [5, 5.41) is 3.99. The third-order valence-corrected chi connectivity index (χ3v) is 3.63. The Morgan fingerprint density at radius 3 is 2.79 bits per heavy atom. The van der Waals surface area contributed by atoms with Crippen LogP contribution in [0.15, 0.2) is 29.6 Å². The molecule has 1 N–H and O–H groups in total. The van der Waals surface area contributed by atoms with Crippen LogP contribution in [-0.4, -0.2) is 17.1 Å². The average molecular weight is 259 g/mol. The zero-order chi connectivity index (χ0) is 13.3. The molecule has 19 heavy (non-hydrogen) atoms. The number of aromatic nitrogens is 1. The lowest BCUT2D eigenvalue weighted by atomic mass is 9.86. The van der Waals surface area contributed by atoms with Gasteiger partial charge in [0.1, 0.15) is 0 Å². The lowest BCUT2D eigenvalue weighted by Gasteiger charge is -2.20. The molecule has 0 unspecified atom stereocenters. The van der Waals surface area contributed by atoms with Gasteiger partial charge in [0.25, 0.3) is 5.91 Å². The summed E-state index contributed by atoms with van der Waals surface area (Å²) in [7, 11) is 0. The van der Waals surface area contributed by atoms with Crippen LogP contribution >= 0.6 is 0 Å². The molecule has 4 heteroatoms. The first-order valence-electron chi connectivity index (χ1n) is 7.08. The van der Waals surface area contributed by atoms with E-state index < -0.39 is 0 Å². The molecule has 1 aliphatic rings. The lowest BCUT2D eigenvalue weighted by molar-refractivity contribution is 0.0955. The summed E-state index contributed by atoms with van der Waals surface area (Å²) < 4.78 is 0. The summed E-state index contributed by atoms with van der Waals surface area (Å²) in [4.78, 5) is 15.5. The SMILES string of the molecule is O=C(N/N=C\CCC1CCCCC1)c1ccncc1. The highest BCUT2D eigenvalue weighted by molar-refractivity contribution is 5.94. The molecular formula is C15H21N3O. The summed E-state index contributed by atoms with van der Waals surface area (Å²) in [6, 6.07) is 3.35. The van der Waals surface area contributed by atoms with Gasteiger partial charge >= 0.3 is 0 Å². The molecule has 1 aromatic heterocycles. The van der Waals surface area contributed by atoms with Crippen molar-refractivity contribution in [3.05, 3.63) is 30.1 Å². The Kier molecular flexibility index (Phi) is 5.53. The van der Waals surface area contributed by atoms with Crippen molar-refractivity contribution < 1.29 is 4.79 Å². The molecule has 0 aliphatic heterocycles. The van der Waals surface area contributed by atoms with E-state index in [-0.39, 0.29) is 5.91 Å². The minimum Gasteiger partial charge on any atom is -0.267 e. The van der Waals surface area contributed by atoms with Gasteiger partial charge in [-0.1, -0.05) is 32.1 Å². The van der Waals surface area contributed by atoms with Gasteiger partial charge in [-0.15, -0.1) is 0 Å². The minimum atomic E-state index is -0.184. The van der Waals surface area contributed by atoms with Crippen LogP contribution < -0.4 is 5.43 Å². The highest BCUT2D eigenvalue weighted by Gasteiger charge is 2.11. The lowest BCUT2D eigenvalue weighted by Crippen LogP contribution is -2.17. The topological polar surface area (TPSA) is 54.4 Å². The van der Waals surface area contributed by atoms with Gasteiger partial charge in [-0.05, 0) is 30.9 Å². The summed E-state index contributed by atoms with van der Waals surface area (Å²) in [6.45, 7) is 0. The average Bonchev–Trinajstić information content (AvgIpc) is 2.49. The van der Waals surface area contributed by atoms with E-state index in [1.165, 1.54) is 38.5 Å². The van der Waals surface area contributed by atoms with E-state index in [0.29, 0.717) is 5.56 Å². The molecule has 1 saturated carbocycles. The fourth-order valence-electron chi connectivity index (χ4n) is 2.52. The highest BCUT2D eigenvalue weighted by atomic mass is 16.2. The molecule has 0 saturated heterocycles. The highest BCUT2D eigenvalue weighted by Crippen LogP contribution is 2.26. The zero-order valence-corrected chi connectivity index (χ0v) is 11.2. The maximum absolute atomic E-state index is 11.7. The van der Waals surface area contributed by atoms with Crippen LogP contribution in [0, 0.1) is 5.92 Å². The zero-order valence-electron chi connectivity index (χ0n) is 11.2. The van der Waals surface area contributed by atoms with Gasteiger partial charge in [0.15, 0.2) is 0 Å². The molecule has 0 aromatic carbocycles. The van der Waals surface area contributed by atoms with Gasteiger partial charge in [-0.25, -0.2) is 5.43 Å². The Labute approximate surface area is 114 Å². The predicted molar refractivity (Wildman–Crippen MR) is 76.0 cm³/mol. The standard InChI is InChI=1S/C15H21N3O/c19-15(14-8-11-16-12-9-14)18-17-10-4-7-13-5-2-1-3-6-13/h8-13H,1-7H2,(H,18,19)/b17-10-. The molecule has 0 atom stereocenters. The molecule has 1 heterocycles. The van der Waals surface area contributed by atoms with E-state index in [1.807, 2.05) is 6.21 Å². The molecule has 0 bridgehead atoms. The largest absolute Gasteiger partial charge is 0.271 e. The van der Waals surface area contributed by atoms with Crippen molar-refractivity contribution in [2.75, 3.05) is 0 Å². The Morgan fingerprint density at radius 2 is 2.05 bits per heavy atom. The van der Waals surface area contributed by atoms with E-state index in [9.17, 15) is 4.79 Å². The number of pyridine rings is 1. The molecular weight excluding hydrogens is 238 g/mol.